The van der Waals surface area contributed by atoms with E-state index < -0.39 is 0 Å². The van der Waals surface area contributed by atoms with Gasteiger partial charge in [-0.3, -0.25) is 9.59 Å². The number of carbonyl (C=O) groups excluding carboxylic acids is 2. The maximum atomic E-state index is 11.9. The molecule has 112 valence electrons. The molecule has 0 saturated carbocycles. The van der Waals surface area contributed by atoms with Crippen molar-refractivity contribution >= 4 is 11.8 Å². The molecule has 2 rings (SSSR count). The van der Waals surface area contributed by atoms with Crippen LogP contribution in [-0.2, 0) is 9.53 Å². The zero-order valence-electron chi connectivity index (χ0n) is 11.9. The molecule has 21 heavy (non-hydrogen) atoms. The monoisotopic (exact) mass is 290 g/mol. The predicted molar refractivity (Wildman–Crippen MR) is 74.4 cm³/mol. The van der Waals surface area contributed by atoms with Crippen LogP contribution in [0.1, 0.15) is 22.5 Å². The minimum absolute atomic E-state index is 0.0953. The summed E-state index contributed by atoms with van der Waals surface area (Å²) in [6.45, 7) is 2.18. The van der Waals surface area contributed by atoms with E-state index in [0.717, 1.165) is 0 Å². The van der Waals surface area contributed by atoms with Crippen LogP contribution in [0, 0.1) is 17.2 Å². The van der Waals surface area contributed by atoms with Crippen LogP contribution in [0.2, 0.25) is 0 Å². The number of carbonyl (C=O) groups is 2. The molecule has 2 amide bonds. The number of rotatable bonds is 6. The first kappa shape index (κ1) is 15.1. The largest absolute Gasteiger partial charge is 0.383 e. The Balaban J connectivity index is 1.80. The summed E-state index contributed by atoms with van der Waals surface area (Å²) >= 11 is 0. The molecular weight excluding hydrogens is 272 g/mol. The van der Waals surface area contributed by atoms with Gasteiger partial charge >= 0.3 is 0 Å². The Bertz CT molecular complexity index is 561. The Hall–Kier alpha value is -2.33. The van der Waals surface area contributed by atoms with E-state index in [0.29, 0.717) is 43.9 Å². The predicted octanol–water partition coefficient (Wildman–Crippen LogP) is 0.111. The Morgan fingerprint density at radius 3 is 3.14 bits per heavy atom. The van der Waals surface area contributed by atoms with Crippen LogP contribution in [0.25, 0.3) is 0 Å². The van der Waals surface area contributed by atoms with Crippen LogP contribution in [0.4, 0.5) is 0 Å². The van der Waals surface area contributed by atoms with Crippen LogP contribution in [-0.4, -0.2) is 55.0 Å². The van der Waals surface area contributed by atoms with Crippen molar-refractivity contribution in [3.8, 4) is 6.07 Å². The molecule has 0 spiro atoms. The third-order valence-electron chi connectivity index (χ3n) is 3.47. The van der Waals surface area contributed by atoms with Crippen molar-refractivity contribution in [3.05, 3.63) is 23.5 Å². The summed E-state index contributed by atoms with van der Waals surface area (Å²) in [7, 11) is 1.60. The third-order valence-corrected chi connectivity index (χ3v) is 3.47. The molecule has 1 atom stereocenters. The van der Waals surface area contributed by atoms with Crippen molar-refractivity contribution in [1.82, 2.24) is 15.2 Å². The summed E-state index contributed by atoms with van der Waals surface area (Å²) < 4.78 is 4.96. The fraction of sp³-hybridized carbons (Fsp3) is 0.500. The lowest BCUT2D eigenvalue weighted by Crippen LogP contribution is -2.32. The van der Waals surface area contributed by atoms with Crippen molar-refractivity contribution in [2.24, 2.45) is 5.92 Å². The number of H-pyrrole nitrogens is 1. The van der Waals surface area contributed by atoms with E-state index in [1.807, 2.05) is 6.07 Å². The first-order chi connectivity index (χ1) is 10.1. The number of methoxy groups -OCH3 is 1. The average Bonchev–Trinajstić information content (AvgIpc) is 3.09. The SMILES string of the molecule is COCCN1C[C@H](CNC(=O)c2cc(C#N)c[nH]2)CC1=O. The number of nitrogens with zero attached hydrogens (tertiary/aromatic N) is 2. The van der Waals surface area contributed by atoms with Gasteiger partial charge < -0.3 is 19.9 Å². The van der Waals surface area contributed by atoms with Crippen molar-refractivity contribution in [2.45, 2.75) is 6.42 Å². The molecule has 1 aromatic rings. The summed E-state index contributed by atoms with van der Waals surface area (Å²) in [5.41, 5.74) is 0.772. The molecule has 1 aliphatic rings. The fourth-order valence-corrected chi connectivity index (χ4v) is 2.33. The normalized spacial score (nSPS) is 17.8. The Morgan fingerprint density at radius 2 is 2.48 bits per heavy atom. The number of likely N-dealkylation sites (tertiary alicyclic amines) is 1. The maximum absolute atomic E-state index is 11.9. The molecule has 1 aromatic heterocycles. The van der Waals surface area contributed by atoms with E-state index in [1.54, 1.807) is 12.0 Å². The minimum atomic E-state index is -0.265. The Labute approximate surface area is 122 Å². The number of nitrogens with one attached hydrogen (secondary N) is 2. The van der Waals surface area contributed by atoms with Gasteiger partial charge in [-0.05, 0) is 6.07 Å². The third kappa shape index (κ3) is 3.83. The van der Waals surface area contributed by atoms with E-state index in [4.69, 9.17) is 10.00 Å². The number of nitriles is 1. The van der Waals surface area contributed by atoms with E-state index >= 15 is 0 Å². The van der Waals surface area contributed by atoms with E-state index in [9.17, 15) is 9.59 Å². The van der Waals surface area contributed by atoms with Gasteiger partial charge in [0.05, 0.1) is 12.2 Å². The molecule has 2 N–H and O–H groups in total. The van der Waals surface area contributed by atoms with Crippen molar-refractivity contribution in [2.75, 3.05) is 33.4 Å². The van der Waals surface area contributed by atoms with E-state index in [-0.39, 0.29) is 17.7 Å². The molecule has 1 aliphatic heterocycles. The lowest BCUT2D eigenvalue weighted by molar-refractivity contribution is -0.128. The van der Waals surface area contributed by atoms with E-state index in [2.05, 4.69) is 10.3 Å². The number of hydrogen-bond acceptors (Lipinski definition) is 4. The zero-order chi connectivity index (χ0) is 15.2. The van der Waals surface area contributed by atoms with Gasteiger partial charge in [0.1, 0.15) is 11.8 Å². The van der Waals surface area contributed by atoms with E-state index in [1.165, 1.54) is 12.3 Å². The molecule has 0 radical (unpaired) electrons. The highest BCUT2D eigenvalue weighted by molar-refractivity contribution is 5.92. The van der Waals surface area contributed by atoms with Crippen molar-refractivity contribution in [1.29, 1.82) is 5.26 Å². The second-order valence-corrected chi connectivity index (χ2v) is 5.03. The molecule has 0 aromatic carbocycles. The summed E-state index contributed by atoms with van der Waals surface area (Å²) in [6.07, 6.45) is 1.93. The molecule has 0 bridgehead atoms. The van der Waals surface area contributed by atoms with Gasteiger partial charge in [-0.2, -0.15) is 5.26 Å². The van der Waals surface area contributed by atoms with Gasteiger partial charge in [0.2, 0.25) is 5.91 Å². The van der Waals surface area contributed by atoms with Crippen LogP contribution >= 0.6 is 0 Å². The van der Waals surface area contributed by atoms with Gasteiger partial charge in [0, 0.05) is 45.3 Å². The highest BCUT2D eigenvalue weighted by Crippen LogP contribution is 2.16. The molecule has 2 heterocycles. The van der Waals surface area contributed by atoms with Crippen LogP contribution in [0.15, 0.2) is 12.3 Å². The molecule has 0 unspecified atom stereocenters. The lowest BCUT2D eigenvalue weighted by Gasteiger charge is -2.16. The van der Waals surface area contributed by atoms with Gasteiger partial charge in [-0.25, -0.2) is 0 Å². The lowest BCUT2D eigenvalue weighted by atomic mass is 10.1. The number of hydrogen-bond donors (Lipinski definition) is 2. The Kier molecular flexibility index (Phi) is 4.95. The number of aromatic amines is 1. The summed E-state index contributed by atoms with van der Waals surface area (Å²) in [6, 6.07) is 3.46. The van der Waals surface area contributed by atoms with Gasteiger partial charge in [-0.15, -0.1) is 0 Å². The number of aromatic nitrogens is 1. The summed E-state index contributed by atoms with van der Waals surface area (Å²) in [5, 5.41) is 11.5. The van der Waals surface area contributed by atoms with Crippen LogP contribution in [0.5, 0.6) is 0 Å². The summed E-state index contributed by atoms with van der Waals surface area (Å²) in [5.74, 6) is -0.0547. The minimum Gasteiger partial charge on any atom is -0.383 e. The topological polar surface area (TPSA) is 98.2 Å². The zero-order valence-corrected chi connectivity index (χ0v) is 11.9. The first-order valence-electron chi connectivity index (χ1n) is 6.77. The van der Waals surface area contributed by atoms with Crippen molar-refractivity contribution < 1.29 is 14.3 Å². The smallest absolute Gasteiger partial charge is 0.267 e. The quantitative estimate of drug-likeness (QED) is 0.777. The number of amides is 2. The average molecular weight is 290 g/mol. The number of ether oxygens (including phenoxy) is 1. The van der Waals surface area contributed by atoms with Gasteiger partial charge in [-0.1, -0.05) is 0 Å². The molecule has 1 saturated heterocycles. The second kappa shape index (κ2) is 6.90. The maximum Gasteiger partial charge on any atom is 0.267 e. The molecular formula is C14H18N4O3. The molecule has 7 nitrogen and oxygen atoms in total. The van der Waals surface area contributed by atoms with Gasteiger partial charge in [0.15, 0.2) is 0 Å². The van der Waals surface area contributed by atoms with Gasteiger partial charge in [0.25, 0.3) is 5.91 Å². The molecule has 1 fully saturated rings. The highest BCUT2D eigenvalue weighted by Gasteiger charge is 2.29. The Morgan fingerprint density at radius 1 is 1.67 bits per heavy atom. The van der Waals surface area contributed by atoms with Crippen LogP contribution in [0.3, 0.4) is 0 Å². The standard InChI is InChI=1S/C14H18N4O3/c1-21-3-2-18-9-11(5-13(18)19)8-17-14(20)12-4-10(6-15)7-16-12/h4,7,11,16H,2-3,5,8-9H2,1H3,(H,17,20)/t11-/m0/s1. The second-order valence-electron chi connectivity index (χ2n) is 5.03. The fourth-order valence-electron chi connectivity index (χ4n) is 2.33. The summed E-state index contributed by atoms with van der Waals surface area (Å²) in [4.78, 5) is 28.2. The molecule has 0 aliphatic carbocycles. The van der Waals surface area contributed by atoms with Crippen molar-refractivity contribution in [3.63, 3.8) is 0 Å². The first-order valence-corrected chi connectivity index (χ1v) is 6.77. The highest BCUT2D eigenvalue weighted by atomic mass is 16.5. The van der Waals surface area contributed by atoms with Crippen LogP contribution < -0.4 is 5.32 Å². The molecule has 7 heteroatoms.